The second kappa shape index (κ2) is 8.43. The van der Waals surface area contributed by atoms with Gasteiger partial charge in [0.25, 0.3) is 0 Å². The van der Waals surface area contributed by atoms with Gasteiger partial charge in [0.05, 0.1) is 6.54 Å². The van der Waals surface area contributed by atoms with Crippen molar-refractivity contribution in [3.05, 3.63) is 54.1 Å². The average Bonchev–Trinajstić information content (AvgIpc) is 3.45. The molecule has 0 spiro atoms. The Bertz CT molecular complexity index is 787. The van der Waals surface area contributed by atoms with Crippen molar-refractivity contribution in [2.24, 2.45) is 5.92 Å². The molecule has 3 rings (SSSR count). The molecule has 1 fully saturated rings. The summed E-state index contributed by atoms with van der Waals surface area (Å²) in [5, 5.41) is 9.54. The Hall–Kier alpha value is -2.21. The molecule has 1 saturated carbocycles. The Labute approximate surface area is 163 Å². The highest BCUT2D eigenvalue weighted by molar-refractivity contribution is 5.52. The zero-order chi connectivity index (χ0) is 20.3. The van der Waals surface area contributed by atoms with E-state index in [1.54, 1.807) is 29.2 Å². The fourth-order valence-electron chi connectivity index (χ4n) is 3.03. The van der Waals surface area contributed by atoms with E-state index in [0.717, 1.165) is 18.4 Å². The standard InChI is InChI=1S/C22H26F3NO2/c1-15(2)17-5-3-7-19(11-17)28-20-8-4-6-18(12-20)26(13-16-9-10-16)14-21(27)22(23,24)25/h3-8,11-12,15-16,21,27H,9-10,13-14H2,1-2H3. The molecule has 152 valence electrons. The van der Waals surface area contributed by atoms with Crippen LogP contribution >= 0.6 is 0 Å². The van der Waals surface area contributed by atoms with Gasteiger partial charge < -0.3 is 14.7 Å². The Morgan fingerprint density at radius 3 is 2.32 bits per heavy atom. The quantitative estimate of drug-likeness (QED) is 0.621. The fourth-order valence-corrected chi connectivity index (χ4v) is 3.03. The van der Waals surface area contributed by atoms with E-state index < -0.39 is 18.8 Å². The van der Waals surface area contributed by atoms with E-state index in [0.29, 0.717) is 35.6 Å². The molecular weight excluding hydrogens is 367 g/mol. The van der Waals surface area contributed by atoms with Crippen LogP contribution in [0.4, 0.5) is 18.9 Å². The third kappa shape index (κ3) is 5.64. The Balaban J connectivity index is 1.78. The SMILES string of the molecule is CC(C)c1cccc(Oc2cccc(N(CC3CC3)CC(O)C(F)(F)F)c2)c1. The molecule has 0 heterocycles. The number of ether oxygens (including phenoxy) is 1. The lowest BCUT2D eigenvalue weighted by Crippen LogP contribution is -2.42. The van der Waals surface area contributed by atoms with Crippen LogP contribution in [-0.2, 0) is 0 Å². The van der Waals surface area contributed by atoms with E-state index >= 15 is 0 Å². The topological polar surface area (TPSA) is 32.7 Å². The van der Waals surface area contributed by atoms with Crippen LogP contribution in [0.25, 0.3) is 0 Å². The molecule has 1 N–H and O–H groups in total. The van der Waals surface area contributed by atoms with Crippen LogP contribution in [-0.4, -0.2) is 30.5 Å². The zero-order valence-electron chi connectivity index (χ0n) is 16.1. The number of anilines is 1. The maximum absolute atomic E-state index is 12.8. The number of rotatable bonds is 8. The molecule has 1 aliphatic carbocycles. The van der Waals surface area contributed by atoms with Crippen molar-refractivity contribution in [1.82, 2.24) is 0 Å². The predicted molar refractivity (Wildman–Crippen MR) is 104 cm³/mol. The molecule has 0 bridgehead atoms. The number of nitrogens with zero attached hydrogens (tertiary/aromatic N) is 1. The van der Waals surface area contributed by atoms with Crippen LogP contribution in [0.15, 0.2) is 48.5 Å². The van der Waals surface area contributed by atoms with E-state index in [1.807, 2.05) is 24.3 Å². The van der Waals surface area contributed by atoms with Gasteiger partial charge in [0.1, 0.15) is 11.5 Å². The molecule has 28 heavy (non-hydrogen) atoms. The molecule has 0 radical (unpaired) electrons. The molecule has 1 atom stereocenters. The fraction of sp³-hybridized carbons (Fsp3) is 0.455. The number of aliphatic hydroxyl groups excluding tert-OH is 1. The van der Waals surface area contributed by atoms with Crippen LogP contribution < -0.4 is 9.64 Å². The van der Waals surface area contributed by atoms with E-state index in [1.165, 1.54) is 0 Å². The van der Waals surface area contributed by atoms with E-state index in [2.05, 4.69) is 13.8 Å². The first-order valence-corrected chi connectivity index (χ1v) is 9.60. The van der Waals surface area contributed by atoms with E-state index in [-0.39, 0.29) is 0 Å². The summed E-state index contributed by atoms with van der Waals surface area (Å²) in [6.45, 7) is 4.22. The summed E-state index contributed by atoms with van der Waals surface area (Å²) in [7, 11) is 0. The molecular formula is C22H26F3NO2. The molecule has 2 aromatic rings. The number of benzene rings is 2. The van der Waals surface area contributed by atoms with Crippen LogP contribution in [0, 0.1) is 5.92 Å². The minimum Gasteiger partial charge on any atom is -0.457 e. The third-order valence-electron chi connectivity index (χ3n) is 4.89. The number of hydrogen-bond donors (Lipinski definition) is 1. The zero-order valence-corrected chi connectivity index (χ0v) is 16.1. The van der Waals surface area contributed by atoms with Crippen LogP contribution in [0.5, 0.6) is 11.5 Å². The van der Waals surface area contributed by atoms with Crippen molar-refractivity contribution in [1.29, 1.82) is 0 Å². The normalized spacial score (nSPS) is 15.5. The van der Waals surface area contributed by atoms with Crippen molar-refractivity contribution in [3.63, 3.8) is 0 Å². The molecule has 6 heteroatoms. The minimum atomic E-state index is -4.63. The van der Waals surface area contributed by atoms with Gasteiger partial charge in [-0.15, -0.1) is 0 Å². The van der Waals surface area contributed by atoms with Gasteiger partial charge in [-0.2, -0.15) is 13.2 Å². The summed E-state index contributed by atoms with van der Waals surface area (Å²) in [4.78, 5) is 1.60. The number of aliphatic hydroxyl groups is 1. The number of halogens is 3. The van der Waals surface area contributed by atoms with Crippen LogP contribution in [0.2, 0.25) is 0 Å². The second-order valence-electron chi connectivity index (χ2n) is 7.73. The van der Waals surface area contributed by atoms with Gasteiger partial charge in [0.2, 0.25) is 0 Å². The molecule has 0 aromatic heterocycles. The summed E-state index contributed by atoms with van der Waals surface area (Å²) in [5.41, 5.74) is 1.77. The smallest absolute Gasteiger partial charge is 0.416 e. The highest BCUT2D eigenvalue weighted by Gasteiger charge is 2.40. The Kier molecular flexibility index (Phi) is 6.18. The van der Waals surface area contributed by atoms with Crippen molar-refractivity contribution in [3.8, 4) is 11.5 Å². The lowest BCUT2D eigenvalue weighted by molar-refractivity contribution is -0.200. The van der Waals surface area contributed by atoms with Gasteiger partial charge in [-0.25, -0.2) is 0 Å². The maximum atomic E-state index is 12.8. The Morgan fingerprint density at radius 1 is 1.07 bits per heavy atom. The highest BCUT2D eigenvalue weighted by Crippen LogP contribution is 2.34. The predicted octanol–water partition coefficient (Wildman–Crippen LogP) is 5.74. The first-order valence-electron chi connectivity index (χ1n) is 9.60. The second-order valence-corrected chi connectivity index (χ2v) is 7.73. The Morgan fingerprint density at radius 2 is 1.71 bits per heavy atom. The van der Waals surface area contributed by atoms with Crippen molar-refractivity contribution >= 4 is 5.69 Å². The summed E-state index contributed by atoms with van der Waals surface area (Å²) in [5.74, 6) is 1.99. The summed E-state index contributed by atoms with van der Waals surface area (Å²) in [6, 6.07) is 14.8. The first-order chi connectivity index (χ1) is 13.2. The van der Waals surface area contributed by atoms with Crippen LogP contribution in [0.1, 0.15) is 38.2 Å². The van der Waals surface area contributed by atoms with Gasteiger partial charge in [-0.1, -0.05) is 32.0 Å². The highest BCUT2D eigenvalue weighted by atomic mass is 19.4. The van der Waals surface area contributed by atoms with Gasteiger partial charge in [0, 0.05) is 18.3 Å². The maximum Gasteiger partial charge on any atom is 0.416 e. The van der Waals surface area contributed by atoms with E-state index in [9.17, 15) is 18.3 Å². The number of alkyl halides is 3. The average molecular weight is 393 g/mol. The minimum absolute atomic E-state index is 0.368. The molecule has 0 amide bonds. The van der Waals surface area contributed by atoms with Crippen molar-refractivity contribution in [2.75, 3.05) is 18.0 Å². The van der Waals surface area contributed by atoms with Gasteiger partial charge in [0.15, 0.2) is 6.10 Å². The third-order valence-corrected chi connectivity index (χ3v) is 4.89. The summed E-state index contributed by atoms with van der Waals surface area (Å²) in [6.07, 6.45) is -4.99. The number of hydrogen-bond acceptors (Lipinski definition) is 3. The van der Waals surface area contributed by atoms with Crippen molar-refractivity contribution < 1.29 is 23.0 Å². The first kappa shape index (κ1) is 20.5. The monoisotopic (exact) mass is 393 g/mol. The van der Waals surface area contributed by atoms with E-state index in [4.69, 9.17) is 4.74 Å². The molecule has 2 aromatic carbocycles. The lowest BCUT2D eigenvalue weighted by atomic mass is 10.0. The molecule has 1 unspecified atom stereocenters. The summed E-state index contributed by atoms with van der Waals surface area (Å²) < 4.78 is 44.5. The van der Waals surface area contributed by atoms with Gasteiger partial charge in [-0.05, 0) is 54.5 Å². The summed E-state index contributed by atoms with van der Waals surface area (Å²) >= 11 is 0. The lowest BCUT2D eigenvalue weighted by Gasteiger charge is -2.28. The van der Waals surface area contributed by atoms with Gasteiger partial charge >= 0.3 is 6.18 Å². The van der Waals surface area contributed by atoms with Crippen LogP contribution in [0.3, 0.4) is 0 Å². The van der Waals surface area contributed by atoms with Gasteiger partial charge in [-0.3, -0.25) is 0 Å². The largest absolute Gasteiger partial charge is 0.457 e. The molecule has 3 nitrogen and oxygen atoms in total. The molecule has 0 saturated heterocycles. The van der Waals surface area contributed by atoms with Crippen molar-refractivity contribution in [2.45, 2.75) is 44.9 Å². The molecule has 0 aliphatic heterocycles. The molecule has 1 aliphatic rings.